The summed E-state index contributed by atoms with van der Waals surface area (Å²) in [5, 5.41) is 9.52. The lowest BCUT2D eigenvalue weighted by molar-refractivity contribution is -0.116. The van der Waals surface area contributed by atoms with Gasteiger partial charge in [0.1, 0.15) is 0 Å². The summed E-state index contributed by atoms with van der Waals surface area (Å²) in [5.74, 6) is 0.848. The number of amides is 1. The molecule has 0 aliphatic rings. The number of carbonyl (C=O) groups is 1. The van der Waals surface area contributed by atoms with Gasteiger partial charge in [-0.25, -0.2) is 4.99 Å². The Bertz CT molecular complexity index is 561. The van der Waals surface area contributed by atoms with E-state index < -0.39 is 0 Å². The minimum absolute atomic E-state index is 0.0503. The van der Waals surface area contributed by atoms with E-state index in [1.165, 1.54) is 6.42 Å². The molecule has 0 spiro atoms. The molecule has 6 heteroatoms. The van der Waals surface area contributed by atoms with Gasteiger partial charge in [0, 0.05) is 38.4 Å². The summed E-state index contributed by atoms with van der Waals surface area (Å²) in [7, 11) is 0. The van der Waals surface area contributed by atoms with Crippen LogP contribution in [0.5, 0.6) is 0 Å². The van der Waals surface area contributed by atoms with Crippen molar-refractivity contribution in [2.45, 2.75) is 59.4 Å². The standard InChI is InChI=1S/C21H36N4O2/c1-4-7-14-27-15-9-13-23-21(22-6-3)24-17-18-11-8-12-19(16-18)25-20(26)10-5-2/h8,11-12,16H,4-7,9-10,13-15,17H2,1-3H3,(H,25,26)(H2,22,23,24). The molecular weight excluding hydrogens is 340 g/mol. The number of benzene rings is 1. The first-order chi connectivity index (χ1) is 13.2. The summed E-state index contributed by atoms with van der Waals surface area (Å²) in [6.07, 6.45) is 4.62. The first kappa shape index (κ1) is 23.0. The molecule has 0 bridgehead atoms. The fourth-order valence-corrected chi connectivity index (χ4v) is 2.44. The van der Waals surface area contributed by atoms with Crippen LogP contribution in [0.4, 0.5) is 5.69 Å². The van der Waals surface area contributed by atoms with Crippen molar-refractivity contribution in [1.29, 1.82) is 0 Å². The van der Waals surface area contributed by atoms with Crippen molar-refractivity contribution in [2.75, 3.05) is 31.6 Å². The third-order valence-electron chi connectivity index (χ3n) is 3.85. The third kappa shape index (κ3) is 11.3. The van der Waals surface area contributed by atoms with Crippen molar-refractivity contribution in [3.8, 4) is 0 Å². The van der Waals surface area contributed by atoms with Gasteiger partial charge < -0.3 is 20.7 Å². The van der Waals surface area contributed by atoms with Gasteiger partial charge in [-0.2, -0.15) is 0 Å². The lowest BCUT2D eigenvalue weighted by Gasteiger charge is -2.12. The molecule has 1 aromatic carbocycles. The van der Waals surface area contributed by atoms with Crippen LogP contribution < -0.4 is 16.0 Å². The van der Waals surface area contributed by atoms with E-state index in [1.54, 1.807) is 0 Å². The van der Waals surface area contributed by atoms with E-state index in [0.717, 1.165) is 62.8 Å². The number of aliphatic imine (C=N–C) groups is 1. The molecule has 0 fully saturated rings. The van der Waals surface area contributed by atoms with Crippen LogP contribution in [0.25, 0.3) is 0 Å². The van der Waals surface area contributed by atoms with Crippen LogP contribution in [0.1, 0.15) is 58.4 Å². The maximum Gasteiger partial charge on any atom is 0.224 e. The molecule has 0 aliphatic carbocycles. The molecule has 0 atom stereocenters. The Kier molecular flexibility index (Phi) is 12.8. The number of hydrogen-bond donors (Lipinski definition) is 3. The molecule has 0 heterocycles. The fourth-order valence-electron chi connectivity index (χ4n) is 2.44. The Morgan fingerprint density at radius 1 is 1.07 bits per heavy atom. The molecule has 6 nitrogen and oxygen atoms in total. The molecule has 0 radical (unpaired) electrons. The van der Waals surface area contributed by atoms with Gasteiger partial charge in [-0.15, -0.1) is 0 Å². The maximum absolute atomic E-state index is 11.7. The Hall–Kier alpha value is -2.08. The molecular formula is C21H36N4O2. The average molecular weight is 377 g/mol. The number of guanidine groups is 1. The Morgan fingerprint density at radius 3 is 2.63 bits per heavy atom. The topological polar surface area (TPSA) is 74.8 Å². The molecule has 27 heavy (non-hydrogen) atoms. The molecule has 152 valence electrons. The monoisotopic (exact) mass is 376 g/mol. The van der Waals surface area contributed by atoms with Gasteiger partial charge in [0.05, 0.1) is 6.54 Å². The first-order valence-corrected chi connectivity index (χ1v) is 10.2. The lowest BCUT2D eigenvalue weighted by atomic mass is 10.2. The predicted molar refractivity (Wildman–Crippen MR) is 113 cm³/mol. The number of unbranched alkanes of at least 4 members (excludes halogenated alkanes) is 1. The zero-order valence-electron chi connectivity index (χ0n) is 17.1. The van der Waals surface area contributed by atoms with Crippen molar-refractivity contribution in [3.63, 3.8) is 0 Å². The molecule has 0 saturated heterocycles. The molecule has 0 unspecified atom stereocenters. The fraction of sp³-hybridized carbons (Fsp3) is 0.619. The van der Waals surface area contributed by atoms with Crippen molar-refractivity contribution in [3.05, 3.63) is 29.8 Å². The van der Waals surface area contributed by atoms with Crippen LogP contribution in [0, 0.1) is 0 Å². The minimum atomic E-state index is 0.0503. The largest absolute Gasteiger partial charge is 0.381 e. The molecule has 1 amide bonds. The number of nitrogens with zero attached hydrogens (tertiary/aromatic N) is 1. The smallest absolute Gasteiger partial charge is 0.224 e. The zero-order valence-corrected chi connectivity index (χ0v) is 17.1. The number of carbonyl (C=O) groups excluding carboxylic acids is 1. The van der Waals surface area contributed by atoms with Gasteiger partial charge in [-0.3, -0.25) is 4.79 Å². The van der Waals surface area contributed by atoms with Crippen LogP contribution >= 0.6 is 0 Å². The maximum atomic E-state index is 11.7. The summed E-state index contributed by atoms with van der Waals surface area (Å²) in [6, 6.07) is 7.84. The summed E-state index contributed by atoms with van der Waals surface area (Å²) in [5.41, 5.74) is 1.88. The van der Waals surface area contributed by atoms with Gasteiger partial charge in [-0.1, -0.05) is 32.4 Å². The average Bonchev–Trinajstić information content (AvgIpc) is 2.65. The Labute approximate surface area is 164 Å². The minimum Gasteiger partial charge on any atom is -0.381 e. The quantitative estimate of drug-likeness (QED) is 0.279. The highest BCUT2D eigenvalue weighted by molar-refractivity contribution is 5.90. The molecule has 1 aromatic rings. The SMILES string of the molecule is CCCCOCCCNC(=NCc1cccc(NC(=O)CCC)c1)NCC. The van der Waals surface area contributed by atoms with Crippen molar-refractivity contribution >= 4 is 17.6 Å². The van der Waals surface area contributed by atoms with Crippen molar-refractivity contribution < 1.29 is 9.53 Å². The number of hydrogen-bond acceptors (Lipinski definition) is 3. The molecule has 0 aliphatic heterocycles. The van der Waals surface area contributed by atoms with E-state index in [1.807, 2.05) is 31.2 Å². The highest BCUT2D eigenvalue weighted by atomic mass is 16.5. The third-order valence-corrected chi connectivity index (χ3v) is 3.85. The number of rotatable bonds is 13. The Balaban J connectivity index is 2.46. The zero-order chi connectivity index (χ0) is 19.7. The van der Waals surface area contributed by atoms with Crippen LogP contribution in [-0.4, -0.2) is 38.2 Å². The Morgan fingerprint density at radius 2 is 1.89 bits per heavy atom. The van der Waals surface area contributed by atoms with Crippen LogP contribution in [0.15, 0.2) is 29.3 Å². The molecule has 0 aromatic heterocycles. The van der Waals surface area contributed by atoms with E-state index in [2.05, 4.69) is 34.8 Å². The number of ether oxygens (including phenoxy) is 1. The summed E-state index contributed by atoms with van der Waals surface area (Å²) >= 11 is 0. The van der Waals surface area contributed by atoms with Gasteiger partial charge in [0.15, 0.2) is 5.96 Å². The van der Waals surface area contributed by atoms with Crippen LogP contribution in [-0.2, 0) is 16.1 Å². The molecule has 0 saturated carbocycles. The lowest BCUT2D eigenvalue weighted by Crippen LogP contribution is -2.38. The highest BCUT2D eigenvalue weighted by Gasteiger charge is 2.02. The van der Waals surface area contributed by atoms with Gasteiger partial charge in [0.25, 0.3) is 0 Å². The van der Waals surface area contributed by atoms with Crippen molar-refractivity contribution in [2.24, 2.45) is 4.99 Å². The molecule has 3 N–H and O–H groups in total. The number of nitrogens with one attached hydrogen (secondary N) is 3. The number of anilines is 1. The molecule has 1 rings (SSSR count). The predicted octanol–water partition coefficient (Wildman–Crippen LogP) is 3.69. The van der Waals surface area contributed by atoms with Gasteiger partial charge >= 0.3 is 0 Å². The highest BCUT2D eigenvalue weighted by Crippen LogP contribution is 2.12. The summed E-state index contributed by atoms with van der Waals surface area (Å²) in [6.45, 7) is 10.0. The second kappa shape index (κ2) is 15.0. The van der Waals surface area contributed by atoms with E-state index in [9.17, 15) is 4.79 Å². The first-order valence-electron chi connectivity index (χ1n) is 10.2. The van der Waals surface area contributed by atoms with Gasteiger partial charge in [0.2, 0.25) is 5.91 Å². The van der Waals surface area contributed by atoms with E-state index in [0.29, 0.717) is 13.0 Å². The van der Waals surface area contributed by atoms with Gasteiger partial charge in [-0.05, 0) is 43.9 Å². The normalized spacial score (nSPS) is 11.3. The van der Waals surface area contributed by atoms with Crippen LogP contribution in [0.3, 0.4) is 0 Å². The second-order valence-electron chi connectivity index (χ2n) is 6.44. The summed E-state index contributed by atoms with van der Waals surface area (Å²) < 4.78 is 5.57. The van der Waals surface area contributed by atoms with Crippen LogP contribution in [0.2, 0.25) is 0 Å². The van der Waals surface area contributed by atoms with Crippen molar-refractivity contribution in [1.82, 2.24) is 10.6 Å². The van der Waals surface area contributed by atoms with E-state index in [-0.39, 0.29) is 5.91 Å². The van der Waals surface area contributed by atoms with E-state index >= 15 is 0 Å². The second-order valence-corrected chi connectivity index (χ2v) is 6.44. The van der Waals surface area contributed by atoms with E-state index in [4.69, 9.17) is 4.74 Å². The summed E-state index contributed by atoms with van der Waals surface area (Å²) in [4.78, 5) is 16.4.